The molecule has 2 heterocycles. The standard InChI is InChI=1S/C23H24N2O/c1-16-6-8-18(9-7-16)22-15-20(19-4-2-3-5-21(19)25-22)23(26)14-17-10-12-24-13-11-17/h2-9,15,17,24H,10-14H2,1H3. The second kappa shape index (κ2) is 7.38. The number of fused-ring (bicyclic) bond motifs is 1. The molecule has 1 aromatic heterocycles. The highest BCUT2D eigenvalue weighted by atomic mass is 16.1. The van der Waals surface area contributed by atoms with Gasteiger partial charge in [0.15, 0.2) is 5.78 Å². The number of hydrogen-bond donors (Lipinski definition) is 1. The van der Waals surface area contributed by atoms with Crippen LogP contribution >= 0.6 is 0 Å². The van der Waals surface area contributed by atoms with Crippen LogP contribution in [0.5, 0.6) is 0 Å². The summed E-state index contributed by atoms with van der Waals surface area (Å²) in [6.45, 7) is 4.11. The summed E-state index contributed by atoms with van der Waals surface area (Å²) in [5.74, 6) is 0.724. The van der Waals surface area contributed by atoms with Crippen molar-refractivity contribution in [1.29, 1.82) is 0 Å². The largest absolute Gasteiger partial charge is 0.317 e. The van der Waals surface area contributed by atoms with Crippen LogP contribution in [-0.4, -0.2) is 23.9 Å². The highest BCUT2D eigenvalue weighted by Gasteiger charge is 2.20. The third kappa shape index (κ3) is 3.54. The smallest absolute Gasteiger partial charge is 0.163 e. The van der Waals surface area contributed by atoms with E-state index in [4.69, 9.17) is 4.98 Å². The molecule has 0 saturated carbocycles. The van der Waals surface area contributed by atoms with Gasteiger partial charge in [-0.3, -0.25) is 4.79 Å². The Kier molecular flexibility index (Phi) is 4.81. The van der Waals surface area contributed by atoms with E-state index in [9.17, 15) is 4.79 Å². The summed E-state index contributed by atoms with van der Waals surface area (Å²) in [7, 11) is 0. The molecular formula is C23H24N2O. The number of aromatic nitrogens is 1. The van der Waals surface area contributed by atoms with Gasteiger partial charge < -0.3 is 5.32 Å². The Morgan fingerprint density at radius 3 is 2.58 bits per heavy atom. The van der Waals surface area contributed by atoms with E-state index in [-0.39, 0.29) is 5.78 Å². The predicted octanol–water partition coefficient (Wildman–Crippen LogP) is 4.78. The maximum Gasteiger partial charge on any atom is 0.163 e. The highest BCUT2D eigenvalue weighted by molar-refractivity contribution is 6.08. The zero-order chi connectivity index (χ0) is 17.9. The summed E-state index contributed by atoms with van der Waals surface area (Å²) in [6.07, 6.45) is 2.79. The van der Waals surface area contributed by atoms with E-state index < -0.39 is 0 Å². The normalized spacial score (nSPS) is 15.3. The van der Waals surface area contributed by atoms with Crippen molar-refractivity contribution in [3.63, 3.8) is 0 Å². The van der Waals surface area contributed by atoms with Crippen molar-refractivity contribution in [3.05, 3.63) is 65.7 Å². The average molecular weight is 344 g/mol. The van der Waals surface area contributed by atoms with Crippen LogP contribution in [0.25, 0.3) is 22.2 Å². The fraction of sp³-hybridized carbons (Fsp3) is 0.304. The Labute approximate surface area is 154 Å². The van der Waals surface area contributed by atoms with Crippen molar-refractivity contribution in [3.8, 4) is 11.3 Å². The van der Waals surface area contributed by atoms with Gasteiger partial charge in [0, 0.05) is 22.9 Å². The molecule has 1 aliphatic rings. The van der Waals surface area contributed by atoms with Gasteiger partial charge in [0.25, 0.3) is 0 Å². The summed E-state index contributed by atoms with van der Waals surface area (Å²) < 4.78 is 0. The molecule has 0 spiro atoms. The molecule has 132 valence electrons. The Morgan fingerprint density at radius 2 is 1.81 bits per heavy atom. The monoisotopic (exact) mass is 344 g/mol. The van der Waals surface area contributed by atoms with E-state index in [1.165, 1.54) is 5.56 Å². The lowest BCUT2D eigenvalue weighted by atomic mass is 9.89. The number of carbonyl (C=O) groups excluding carboxylic acids is 1. The van der Waals surface area contributed by atoms with E-state index in [2.05, 4.69) is 36.5 Å². The van der Waals surface area contributed by atoms with Crippen LogP contribution in [0.3, 0.4) is 0 Å². The zero-order valence-electron chi connectivity index (χ0n) is 15.2. The Hall–Kier alpha value is -2.52. The minimum atomic E-state index is 0.240. The lowest BCUT2D eigenvalue weighted by molar-refractivity contribution is 0.0954. The quantitative estimate of drug-likeness (QED) is 0.692. The number of nitrogens with zero attached hydrogens (tertiary/aromatic N) is 1. The van der Waals surface area contributed by atoms with E-state index >= 15 is 0 Å². The summed E-state index contributed by atoms with van der Waals surface area (Å²) >= 11 is 0. The number of rotatable bonds is 4. The van der Waals surface area contributed by atoms with Gasteiger partial charge in [0.1, 0.15) is 0 Å². The molecule has 3 nitrogen and oxygen atoms in total. The fourth-order valence-corrected chi connectivity index (χ4v) is 3.74. The van der Waals surface area contributed by atoms with Gasteiger partial charge in [0.05, 0.1) is 11.2 Å². The first-order valence-corrected chi connectivity index (χ1v) is 9.41. The third-order valence-corrected chi connectivity index (χ3v) is 5.30. The summed E-state index contributed by atoms with van der Waals surface area (Å²) in [5, 5.41) is 4.33. The molecule has 3 heteroatoms. The molecule has 1 fully saturated rings. The number of nitrogens with one attached hydrogen (secondary N) is 1. The van der Waals surface area contributed by atoms with Crippen LogP contribution in [0.15, 0.2) is 54.6 Å². The molecule has 0 radical (unpaired) electrons. The molecule has 1 N–H and O–H groups in total. The Balaban J connectivity index is 1.74. The minimum Gasteiger partial charge on any atom is -0.317 e. The number of pyridine rings is 1. The SMILES string of the molecule is Cc1ccc(-c2cc(C(=O)CC3CCNCC3)c3ccccc3n2)cc1. The van der Waals surface area contributed by atoms with Gasteiger partial charge in [-0.1, -0.05) is 48.0 Å². The van der Waals surface area contributed by atoms with Crippen LogP contribution < -0.4 is 5.32 Å². The molecule has 0 atom stereocenters. The number of piperidine rings is 1. The molecule has 0 unspecified atom stereocenters. The predicted molar refractivity (Wildman–Crippen MR) is 106 cm³/mol. The number of benzene rings is 2. The number of Topliss-reactive ketones (excluding diaryl/α,β-unsaturated/α-hetero) is 1. The molecule has 1 aliphatic heterocycles. The molecule has 1 saturated heterocycles. The van der Waals surface area contributed by atoms with E-state index in [1.807, 2.05) is 30.3 Å². The van der Waals surface area contributed by atoms with E-state index in [1.54, 1.807) is 0 Å². The van der Waals surface area contributed by atoms with Crippen molar-refractivity contribution in [1.82, 2.24) is 10.3 Å². The van der Waals surface area contributed by atoms with Crippen molar-refractivity contribution in [2.45, 2.75) is 26.2 Å². The molecule has 3 aromatic rings. The number of hydrogen-bond acceptors (Lipinski definition) is 3. The molecular weight excluding hydrogens is 320 g/mol. The highest BCUT2D eigenvalue weighted by Crippen LogP contribution is 2.28. The van der Waals surface area contributed by atoms with Gasteiger partial charge >= 0.3 is 0 Å². The second-order valence-corrected chi connectivity index (χ2v) is 7.26. The van der Waals surface area contributed by atoms with Crippen LogP contribution in [0, 0.1) is 12.8 Å². The van der Waals surface area contributed by atoms with Gasteiger partial charge in [0.2, 0.25) is 0 Å². The lowest BCUT2D eigenvalue weighted by Crippen LogP contribution is -2.28. The molecule has 0 amide bonds. The van der Waals surface area contributed by atoms with E-state index in [0.29, 0.717) is 12.3 Å². The fourth-order valence-electron chi connectivity index (χ4n) is 3.74. The van der Waals surface area contributed by atoms with Gasteiger partial charge in [-0.2, -0.15) is 0 Å². The maximum atomic E-state index is 13.1. The van der Waals surface area contributed by atoms with Crippen molar-refractivity contribution in [2.75, 3.05) is 13.1 Å². The summed E-state index contributed by atoms with van der Waals surface area (Å²) in [6, 6.07) is 18.3. The summed E-state index contributed by atoms with van der Waals surface area (Å²) in [5.41, 5.74) is 4.84. The second-order valence-electron chi connectivity index (χ2n) is 7.26. The topological polar surface area (TPSA) is 42.0 Å². The Morgan fingerprint density at radius 1 is 1.08 bits per heavy atom. The first-order valence-electron chi connectivity index (χ1n) is 9.41. The van der Waals surface area contributed by atoms with Crippen molar-refractivity contribution >= 4 is 16.7 Å². The van der Waals surface area contributed by atoms with Crippen LogP contribution in [-0.2, 0) is 0 Å². The molecule has 0 bridgehead atoms. The van der Waals surface area contributed by atoms with Gasteiger partial charge in [-0.25, -0.2) is 4.98 Å². The number of ketones is 1. The third-order valence-electron chi connectivity index (χ3n) is 5.30. The first kappa shape index (κ1) is 16.9. The zero-order valence-corrected chi connectivity index (χ0v) is 15.2. The minimum absolute atomic E-state index is 0.240. The summed E-state index contributed by atoms with van der Waals surface area (Å²) in [4.78, 5) is 17.9. The molecule has 2 aromatic carbocycles. The number of aryl methyl sites for hydroxylation is 1. The van der Waals surface area contributed by atoms with Crippen LogP contribution in [0.4, 0.5) is 0 Å². The molecule has 26 heavy (non-hydrogen) atoms. The van der Waals surface area contributed by atoms with E-state index in [0.717, 1.165) is 53.7 Å². The Bertz CT molecular complexity index is 925. The van der Waals surface area contributed by atoms with Gasteiger partial charge in [-0.05, 0) is 50.9 Å². The maximum absolute atomic E-state index is 13.1. The number of carbonyl (C=O) groups is 1. The molecule has 0 aliphatic carbocycles. The number of para-hydroxylation sites is 1. The van der Waals surface area contributed by atoms with Crippen molar-refractivity contribution < 1.29 is 4.79 Å². The molecule has 4 rings (SSSR count). The van der Waals surface area contributed by atoms with Crippen molar-refractivity contribution in [2.24, 2.45) is 5.92 Å². The first-order chi connectivity index (χ1) is 12.7. The lowest BCUT2D eigenvalue weighted by Gasteiger charge is -2.22. The average Bonchev–Trinajstić information content (AvgIpc) is 2.68. The van der Waals surface area contributed by atoms with Crippen LogP contribution in [0.1, 0.15) is 35.2 Å². The van der Waals surface area contributed by atoms with Gasteiger partial charge in [-0.15, -0.1) is 0 Å². The van der Waals surface area contributed by atoms with Crippen LogP contribution in [0.2, 0.25) is 0 Å².